The maximum atomic E-state index is 11.4. The van der Waals surface area contributed by atoms with E-state index < -0.39 is 5.97 Å². The highest BCUT2D eigenvalue weighted by Gasteiger charge is 2.09. The number of hydrogen-bond donors (Lipinski definition) is 1. The van der Waals surface area contributed by atoms with Crippen LogP contribution in [0.4, 0.5) is 5.69 Å². The number of hydrogen-bond acceptors (Lipinski definition) is 5. The summed E-state index contributed by atoms with van der Waals surface area (Å²) in [7, 11) is 0. The van der Waals surface area contributed by atoms with Gasteiger partial charge in [-0.1, -0.05) is 6.07 Å². The quantitative estimate of drug-likeness (QED) is 0.490. The van der Waals surface area contributed by atoms with Gasteiger partial charge in [0.15, 0.2) is 5.57 Å². The first-order valence-corrected chi connectivity index (χ1v) is 6.37. The van der Waals surface area contributed by atoms with Gasteiger partial charge in [-0.25, -0.2) is 4.79 Å². The van der Waals surface area contributed by atoms with Crippen LogP contribution in [0.2, 0.25) is 0 Å². The molecule has 1 aromatic rings. The molecule has 1 rings (SSSR count). The molecule has 0 aromatic heterocycles. The molecule has 0 aliphatic rings. The normalized spacial score (nSPS) is 10.8. The summed E-state index contributed by atoms with van der Waals surface area (Å²) in [6.45, 7) is 5.80. The highest BCUT2D eigenvalue weighted by atomic mass is 16.5. The highest BCUT2D eigenvalue weighted by molar-refractivity contribution is 5.93. The van der Waals surface area contributed by atoms with Gasteiger partial charge < -0.3 is 14.8 Å². The van der Waals surface area contributed by atoms with E-state index in [1.165, 1.54) is 6.20 Å². The first kappa shape index (κ1) is 15.6. The molecule has 0 fully saturated rings. The minimum absolute atomic E-state index is 0.0787. The van der Waals surface area contributed by atoms with E-state index in [1.807, 2.05) is 32.0 Å². The first-order valence-electron chi connectivity index (χ1n) is 6.37. The van der Waals surface area contributed by atoms with Crippen LogP contribution >= 0.6 is 0 Å². The van der Waals surface area contributed by atoms with Crippen molar-refractivity contribution in [2.24, 2.45) is 0 Å². The van der Waals surface area contributed by atoms with Crippen molar-refractivity contribution in [1.82, 2.24) is 0 Å². The van der Waals surface area contributed by atoms with Gasteiger partial charge in [0.05, 0.1) is 12.7 Å². The van der Waals surface area contributed by atoms with Crippen molar-refractivity contribution in [2.45, 2.75) is 26.9 Å². The lowest BCUT2D eigenvalue weighted by Crippen LogP contribution is -2.08. The molecular weight excluding hydrogens is 256 g/mol. The SMILES string of the molecule is CCOC(=O)/C(C#N)=C\Nc1cccc(OC(C)C)c1. The first-order chi connectivity index (χ1) is 9.56. The van der Waals surface area contributed by atoms with Gasteiger partial charge in [-0.05, 0) is 32.9 Å². The van der Waals surface area contributed by atoms with Crippen molar-refractivity contribution < 1.29 is 14.3 Å². The standard InChI is InChI=1S/C15H18N2O3/c1-4-19-15(18)12(9-16)10-17-13-6-5-7-14(8-13)20-11(2)3/h5-8,10-11,17H,4H2,1-3H3/b12-10-. The molecule has 0 saturated carbocycles. The number of benzene rings is 1. The van der Waals surface area contributed by atoms with Crippen molar-refractivity contribution >= 4 is 11.7 Å². The van der Waals surface area contributed by atoms with E-state index in [2.05, 4.69) is 5.32 Å². The molecule has 0 unspecified atom stereocenters. The summed E-state index contributed by atoms with van der Waals surface area (Å²) in [5.41, 5.74) is 0.641. The highest BCUT2D eigenvalue weighted by Crippen LogP contribution is 2.18. The van der Waals surface area contributed by atoms with Gasteiger partial charge in [-0.3, -0.25) is 0 Å². The van der Waals surface area contributed by atoms with Crippen LogP contribution in [0.1, 0.15) is 20.8 Å². The van der Waals surface area contributed by atoms with E-state index in [1.54, 1.807) is 19.1 Å². The molecular formula is C15H18N2O3. The van der Waals surface area contributed by atoms with Gasteiger partial charge >= 0.3 is 5.97 Å². The van der Waals surface area contributed by atoms with E-state index in [0.717, 1.165) is 5.69 Å². The minimum atomic E-state index is -0.642. The van der Waals surface area contributed by atoms with E-state index in [9.17, 15) is 4.79 Å². The molecule has 0 saturated heterocycles. The van der Waals surface area contributed by atoms with Crippen molar-refractivity contribution in [2.75, 3.05) is 11.9 Å². The third kappa shape index (κ3) is 5.02. The number of anilines is 1. The number of ether oxygens (including phenoxy) is 2. The fourth-order valence-electron chi connectivity index (χ4n) is 1.43. The average Bonchev–Trinajstić information content (AvgIpc) is 2.39. The van der Waals surface area contributed by atoms with E-state index in [-0.39, 0.29) is 18.3 Å². The van der Waals surface area contributed by atoms with Gasteiger partial charge in [0.25, 0.3) is 0 Å². The lowest BCUT2D eigenvalue weighted by Gasteiger charge is -2.10. The molecule has 20 heavy (non-hydrogen) atoms. The number of esters is 1. The van der Waals surface area contributed by atoms with Crippen molar-refractivity contribution in [3.05, 3.63) is 36.0 Å². The Kier molecular flexibility index (Phi) is 6.11. The Morgan fingerprint density at radius 1 is 1.50 bits per heavy atom. The number of nitrogens with zero attached hydrogens (tertiary/aromatic N) is 1. The molecule has 0 bridgehead atoms. The Labute approximate surface area is 118 Å². The molecule has 5 nitrogen and oxygen atoms in total. The van der Waals surface area contributed by atoms with Gasteiger partial charge in [0, 0.05) is 18.0 Å². The molecule has 5 heteroatoms. The monoisotopic (exact) mass is 274 g/mol. The third-order valence-electron chi connectivity index (χ3n) is 2.20. The smallest absolute Gasteiger partial charge is 0.350 e. The molecule has 106 valence electrons. The Morgan fingerprint density at radius 3 is 2.85 bits per heavy atom. The molecule has 0 atom stereocenters. The number of nitriles is 1. The maximum Gasteiger partial charge on any atom is 0.350 e. The fraction of sp³-hybridized carbons (Fsp3) is 0.333. The van der Waals surface area contributed by atoms with Crippen LogP contribution in [0.15, 0.2) is 36.0 Å². The minimum Gasteiger partial charge on any atom is -0.491 e. The van der Waals surface area contributed by atoms with Gasteiger partial charge in [0.2, 0.25) is 0 Å². The second-order valence-corrected chi connectivity index (χ2v) is 4.23. The van der Waals surface area contributed by atoms with Crippen LogP contribution in [0, 0.1) is 11.3 Å². The zero-order valence-corrected chi connectivity index (χ0v) is 11.8. The molecule has 0 aliphatic carbocycles. The largest absolute Gasteiger partial charge is 0.491 e. The molecule has 0 heterocycles. The zero-order chi connectivity index (χ0) is 15.0. The summed E-state index contributed by atoms with van der Waals surface area (Å²) in [5.74, 6) is 0.0742. The summed E-state index contributed by atoms with van der Waals surface area (Å²) < 4.78 is 10.3. The Balaban J connectivity index is 2.77. The Morgan fingerprint density at radius 2 is 2.25 bits per heavy atom. The van der Waals surface area contributed by atoms with Crippen LogP contribution in [0.25, 0.3) is 0 Å². The second kappa shape index (κ2) is 7.85. The summed E-state index contributed by atoms with van der Waals surface area (Å²) in [4.78, 5) is 11.4. The average molecular weight is 274 g/mol. The van der Waals surface area contributed by atoms with Crippen molar-refractivity contribution in [3.8, 4) is 11.8 Å². The lowest BCUT2D eigenvalue weighted by molar-refractivity contribution is -0.138. The van der Waals surface area contributed by atoms with Gasteiger partial charge in [-0.2, -0.15) is 5.26 Å². The Hall–Kier alpha value is -2.48. The van der Waals surface area contributed by atoms with Crippen molar-refractivity contribution in [1.29, 1.82) is 5.26 Å². The predicted molar refractivity (Wildman–Crippen MR) is 76.2 cm³/mol. The number of nitrogens with one attached hydrogen (secondary N) is 1. The van der Waals surface area contributed by atoms with E-state index in [0.29, 0.717) is 5.75 Å². The molecule has 0 radical (unpaired) electrons. The molecule has 1 N–H and O–H groups in total. The molecule has 0 amide bonds. The van der Waals surface area contributed by atoms with Gasteiger partial charge in [-0.15, -0.1) is 0 Å². The van der Waals surface area contributed by atoms with E-state index in [4.69, 9.17) is 14.7 Å². The summed E-state index contributed by atoms with van der Waals surface area (Å²) >= 11 is 0. The maximum absolute atomic E-state index is 11.4. The summed E-state index contributed by atoms with van der Waals surface area (Å²) in [5, 5.41) is 11.8. The molecule has 0 spiro atoms. The number of rotatable bonds is 6. The predicted octanol–water partition coefficient (Wildman–Crippen LogP) is 2.86. The van der Waals surface area contributed by atoms with Crippen LogP contribution < -0.4 is 10.1 Å². The fourth-order valence-corrected chi connectivity index (χ4v) is 1.43. The van der Waals surface area contributed by atoms with Gasteiger partial charge in [0.1, 0.15) is 11.8 Å². The Bertz CT molecular complexity index is 530. The lowest BCUT2D eigenvalue weighted by atomic mass is 10.3. The van der Waals surface area contributed by atoms with Crippen LogP contribution in [-0.4, -0.2) is 18.7 Å². The van der Waals surface area contributed by atoms with Crippen LogP contribution in [0.3, 0.4) is 0 Å². The summed E-state index contributed by atoms with van der Waals surface area (Å²) in [6, 6.07) is 9.06. The van der Waals surface area contributed by atoms with E-state index >= 15 is 0 Å². The molecule has 1 aromatic carbocycles. The summed E-state index contributed by atoms with van der Waals surface area (Å²) in [6.07, 6.45) is 1.40. The zero-order valence-electron chi connectivity index (χ0n) is 11.8. The number of carbonyl (C=O) groups is 1. The van der Waals surface area contributed by atoms with Crippen LogP contribution in [0.5, 0.6) is 5.75 Å². The topological polar surface area (TPSA) is 71.4 Å². The second-order valence-electron chi connectivity index (χ2n) is 4.23. The number of carbonyl (C=O) groups excluding carboxylic acids is 1. The third-order valence-corrected chi connectivity index (χ3v) is 2.20. The van der Waals surface area contributed by atoms with Crippen molar-refractivity contribution in [3.63, 3.8) is 0 Å². The molecule has 0 aliphatic heterocycles. The van der Waals surface area contributed by atoms with Crippen LogP contribution in [-0.2, 0) is 9.53 Å².